The van der Waals surface area contributed by atoms with Crippen molar-refractivity contribution in [1.29, 1.82) is 0 Å². The third-order valence-corrected chi connectivity index (χ3v) is 6.31. The van der Waals surface area contributed by atoms with Gasteiger partial charge in [0.1, 0.15) is 11.6 Å². The number of anilines is 1. The molecular weight excluding hydrogens is 400 g/mol. The normalized spacial score (nSPS) is 32.4. The number of hydrogen-bond donors (Lipinski definition) is 2. The molecule has 1 spiro atoms. The minimum absolute atomic E-state index is 0.0145. The first-order valence-electron chi connectivity index (χ1n) is 9.75. The number of amides is 2. The lowest BCUT2D eigenvalue weighted by Gasteiger charge is -2.33. The number of esters is 1. The third-order valence-electron chi connectivity index (χ3n) is 6.06. The van der Waals surface area contributed by atoms with Gasteiger partial charge >= 0.3 is 5.97 Å². The summed E-state index contributed by atoms with van der Waals surface area (Å²) in [5.74, 6) is -2.75. The smallest absolute Gasteiger partial charge is 0.312 e. The molecule has 3 heterocycles. The van der Waals surface area contributed by atoms with Gasteiger partial charge in [-0.2, -0.15) is 0 Å². The van der Waals surface area contributed by atoms with Crippen molar-refractivity contribution >= 4 is 35.1 Å². The number of carbonyl (C=O) groups excluding carboxylic acids is 3. The zero-order chi connectivity index (χ0) is 20.8. The molecule has 0 radical (unpaired) electrons. The predicted octanol–water partition coefficient (Wildman–Crippen LogP) is 1.21. The highest BCUT2D eigenvalue weighted by molar-refractivity contribution is 6.30. The molecule has 0 aromatic heterocycles. The highest BCUT2D eigenvalue weighted by atomic mass is 35.5. The van der Waals surface area contributed by atoms with Crippen LogP contribution in [0.15, 0.2) is 24.3 Å². The number of likely N-dealkylation sites (tertiary alicyclic amines) is 1. The van der Waals surface area contributed by atoms with Gasteiger partial charge in [0, 0.05) is 17.3 Å². The highest BCUT2D eigenvalue weighted by Crippen LogP contribution is 2.58. The molecule has 3 fully saturated rings. The standard InChI is InChI=1S/C20H23ClN2O6/c1-2-28-19(27)14-13-7-8-20(29-13)15(14)18(26)23(9-10-24)16(20)17(25)22-12-5-3-11(21)4-6-12/h3-6,13-16,24H,2,7-10H2,1H3,(H,22,25)/t13-,14+,15+,16-,20+/m0/s1. The molecule has 1 aromatic carbocycles. The van der Waals surface area contributed by atoms with Crippen LogP contribution < -0.4 is 5.32 Å². The number of carbonyl (C=O) groups is 3. The molecule has 29 heavy (non-hydrogen) atoms. The minimum Gasteiger partial charge on any atom is -0.466 e. The highest BCUT2D eigenvalue weighted by Gasteiger charge is 2.74. The molecule has 0 aliphatic carbocycles. The monoisotopic (exact) mass is 422 g/mol. The van der Waals surface area contributed by atoms with E-state index in [1.807, 2.05) is 0 Å². The number of nitrogens with zero attached hydrogens (tertiary/aromatic N) is 1. The molecule has 3 saturated heterocycles. The van der Waals surface area contributed by atoms with Gasteiger partial charge in [-0.25, -0.2) is 0 Å². The van der Waals surface area contributed by atoms with Crippen molar-refractivity contribution in [3.05, 3.63) is 29.3 Å². The Morgan fingerprint density at radius 2 is 2.10 bits per heavy atom. The molecule has 2 N–H and O–H groups in total. The molecule has 2 amide bonds. The maximum absolute atomic E-state index is 13.2. The van der Waals surface area contributed by atoms with Crippen LogP contribution >= 0.6 is 11.6 Å². The molecule has 0 saturated carbocycles. The van der Waals surface area contributed by atoms with Crippen molar-refractivity contribution in [2.75, 3.05) is 25.1 Å². The first-order chi connectivity index (χ1) is 13.9. The molecule has 9 heteroatoms. The fourth-order valence-electron chi connectivity index (χ4n) is 5.05. The number of β-amino-alcohol motifs (C(OH)–C–C–N with tert-alkyl or cyclic N) is 1. The van der Waals surface area contributed by atoms with E-state index in [9.17, 15) is 19.5 Å². The lowest BCUT2D eigenvalue weighted by atomic mass is 9.71. The van der Waals surface area contributed by atoms with Crippen molar-refractivity contribution in [1.82, 2.24) is 4.90 Å². The van der Waals surface area contributed by atoms with E-state index in [2.05, 4.69) is 5.32 Å². The second-order valence-electron chi connectivity index (χ2n) is 7.56. The fraction of sp³-hybridized carbons (Fsp3) is 0.550. The van der Waals surface area contributed by atoms with Crippen molar-refractivity contribution in [3.8, 4) is 0 Å². The van der Waals surface area contributed by atoms with Crippen molar-refractivity contribution in [2.45, 2.75) is 37.5 Å². The van der Waals surface area contributed by atoms with Gasteiger partial charge in [0.05, 0.1) is 31.2 Å². The summed E-state index contributed by atoms with van der Waals surface area (Å²) in [7, 11) is 0. The van der Waals surface area contributed by atoms with Crippen LogP contribution in [0.2, 0.25) is 5.02 Å². The lowest BCUT2D eigenvalue weighted by molar-refractivity contribution is -0.154. The van der Waals surface area contributed by atoms with E-state index in [-0.39, 0.29) is 25.7 Å². The number of ether oxygens (including phenoxy) is 2. The number of aliphatic hydroxyl groups is 1. The van der Waals surface area contributed by atoms with Gasteiger partial charge in [-0.1, -0.05) is 11.6 Å². The summed E-state index contributed by atoms with van der Waals surface area (Å²) in [6, 6.07) is 5.69. The summed E-state index contributed by atoms with van der Waals surface area (Å²) in [6.45, 7) is 1.60. The van der Waals surface area contributed by atoms with Gasteiger partial charge in [0.15, 0.2) is 0 Å². The molecule has 0 unspecified atom stereocenters. The molecule has 1 aromatic rings. The third kappa shape index (κ3) is 3.10. The first kappa shape index (κ1) is 20.1. The first-order valence-corrected chi connectivity index (χ1v) is 10.1. The van der Waals surface area contributed by atoms with E-state index < -0.39 is 41.5 Å². The van der Waals surface area contributed by atoms with Crippen molar-refractivity contribution < 1.29 is 29.0 Å². The summed E-state index contributed by atoms with van der Waals surface area (Å²) in [4.78, 5) is 40.3. The van der Waals surface area contributed by atoms with Crippen LogP contribution in [0.4, 0.5) is 5.69 Å². The number of aliphatic hydroxyl groups excluding tert-OH is 1. The average molecular weight is 423 g/mol. The van der Waals surface area contributed by atoms with Gasteiger partial charge < -0.3 is 24.8 Å². The molecule has 3 aliphatic rings. The largest absolute Gasteiger partial charge is 0.466 e. The SMILES string of the molecule is CCOC(=O)[C@@H]1[C@@H]2CC[C@]3(O2)[C@H](C(=O)Nc2ccc(Cl)cc2)N(CCO)C(=O)[C@@H]13. The van der Waals surface area contributed by atoms with Gasteiger partial charge in [0.25, 0.3) is 0 Å². The maximum atomic E-state index is 13.2. The van der Waals surface area contributed by atoms with Crippen LogP contribution in [0, 0.1) is 11.8 Å². The van der Waals surface area contributed by atoms with Crippen LogP contribution in [0.3, 0.4) is 0 Å². The van der Waals surface area contributed by atoms with Crippen LogP contribution in [-0.2, 0) is 23.9 Å². The molecule has 2 bridgehead atoms. The average Bonchev–Trinajstić information content (AvgIpc) is 3.32. The molecular formula is C20H23ClN2O6. The summed E-state index contributed by atoms with van der Waals surface area (Å²) >= 11 is 5.90. The predicted molar refractivity (Wildman–Crippen MR) is 103 cm³/mol. The van der Waals surface area contributed by atoms with Crippen molar-refractivity contribution in [2.24, 2.45) is 11.8 Å². The van der Waals surface area contributed by atoms with Crippen LogP contribution in [0.1, 0.15) is 19.8 Å². The molecule has 3 aliphatic heterocycles. The topological polar surface area (TPSA) is 105 Å². The second-order valence-corrected chi connectivity index (χ2v) is 8.00. The Bertz CT molecular complexity index is 831. The van der Waals surface area contributed by atoms with Gasteiger partial charge in [0.2, 0.25) is 11.8 Å². The fourth-order valence-corrected chi connectivity index (χ4v) is 5.18. The quantitative estimate of drug-likeness (QED) is 0.667. The van der Waals surface area contributed by atoms with E-state index in [1.165, 1.54) is 4.90 Å². The van der Waals surface area contributed by atoms with E-state index in [0.29, 0.717) is 23.6 Å². The Morgan fingerprint density at radius 3 is 2.76 bits per heavy atom. The lowest BCUT2D eigenvalue weighted by Crippen LogP contribution is -2.53. The van der Waals surface area contributed by atoms with Crippen molar-refractivity contribution in [3.63, 3.8) is 0 Å². The zero-order valence-electron chi connectivity index (χ0n) is 16.0. The Balaban J connectivity index is 1.67. The van der Waals surface area contributed by atoms with E-state index in [1.54, 1.807) is 31.2 Å². The Morgan fingerprint density at radius 1 is 1.38 bits per heavy atom. The molecule has 5 atom stereocenters. The second kappa shape index (κ2) is 7.59. The number of benzene rings is 1. The minimum atomic E-state index is -1.09. The number of rotatable bonds is 6. The Labute approximate surface area is 173 Å². The summed E-state index contributed by atoms with van der Waals surface area (Å²) in [5.41, 5.74) is -0.560. The van der Waals surface area contributed by atoms with Crippen LogP contribution in [0.25, 0.3) is 0 Å². The van der Waals surface area contributed by atoms with Crippen LogP contribution in [0.5, 0.6) is 0 Å². The van der Waals surface area contributed by atoms with Gasteiger partial charge in [-0.05, 0) is 44.0 Å². The number of halogens is 1. The number of hydrogen-bond acceptors (Lipinski definition) is 6. The van der Waals surface area contributed by atoms with E-state index >= 15 is 0 Å². The van der Waals surface area contributed by atoms with Crippen LogP contribution in [-0.4, -0.2) is 65.3 Å². The summed E-state index contributed by atoms with van der Waals surface area (Å²) in [5, 5.41) is 12.8. The number of fused-ring (bicyclic) bond motifs is 1. The van der Waals surface area contributed by atoms with E-state index in [4.69, 9.17) is 21.1 Å². The Kier molecular flexibility index (Phi) is 5.27. The Hall–Kier alpha value is -2.16. The summed E-state index contributed by atoms with van der Waals surface area (Å²) in [6.07, 6.45) is 0.625. The molecule has 8 nitrogen and oxygen atoms in total. The van der Waals surface area contributed by atoms with Gasteiger partial charge in [-0.15, -0.1) is 0 Å². The summed E-state index contributed by atoms with van der Waals surface area (Å²) < 4.78 is 11.4. The van der Waals surface area contributed by atoms with Gasteiger partial charge in [-0.3, -0.25) is 14.4 Å². The zero-order valence-corrected chi connectivity index (χ0v) is 16.7. The van der Waals surface area contributed by atoms with E-state index in [0.717, 1.165) is 0 Å². The maximum Gasteiger partial charge on any atom is 0.312 e. The molecule has 4 rings (SSSR count). The number of nitrogens with one attached hydrogen (secondary N) is 1. The molecule has 156 valence electrons.